The van der Waals surface area contributed by atoms with Gasteiger partial charge in [-0.1, -0.05) is 27.2 Å². The number of hydrogen-bond acceptors (Lipinski definition) is 4. The largest absolute Gasteiger partial charge is 0.480 e. The summed E-state index contributed by atoms with van der Waals surface area (Å²) in [5.41, 5.74) is -0.240. The normalized spacial score (nSPS) is 12.2. The summed E-state index contributed by atoms with van der Waals surface area (Å²) in [6.45, 7) is 5.83. The van der Waals surface area contributed by atoms with E-state index in [9.17, 15) is 14.4 Å². The number of rotatable bonds is 7. The maximum Gasteiger partial charge on any atom is 0.326 e. The number of carbonyl (C=O) groups is 2. The Hall–Kier alpha value is -2.18. The molecule has 1 rings (SSSR count). The van der Waals surface area contributed by atoms with Crippen molar-refractivity contribution in [2.24, 2.45) is 5.92 Å². The van der Waals surface area contributed by atoms with Crippen molar-refractivity contribution in [2.75, 3.05) is 0 Å². The van der Waals surface area contributed by atoms with Gasteiger partial charge in [0.2, 0.25) is 0 Å². The number of nitrogens with zero attached hydrogens (tertiary/aromatic N) is 2. The number of amides is 1. The van der Waals surface area contributed by atoms with Crippen molar-refractivity contribution in [3.05, 3.63) is 28.2 Å². The monoisotopic (exact) mass is 295 g/mol. The van der Waals surface area contributed by atoms with Crippen molar-refractivity contribution < 1.29 is 14.7 Å². The van der Waals surface area contributed by atoms with E-state index in [-0.39, 0.29) is 17.2 Å². The summed E-state index contributed by atoms with van der Waals surface area (Å²) in [6.07, 6.45) is 1.68. The second kappa shape index (κ2) is 7.56. The Morgan fingerprint density at radius 3 is 2.57 bits per heavy atom. The summed E-state index contributed by atoms with van der Waals surface area (Å²) in [5, 5.41) is 15.5. The van der Waals surface area contributed by atoms with Crippen molar-refractivity contribution >= 4 is 11.9 Å². The zero-order valence-corrected chi connectivity index (χ0v) is 12.5. The molecule has 0 aliphatic carbocycles. The van der Waals surface area contributed by atoms with E-state index in [1.54, 1.807) is 13.8 Å². The van der Waals surface area contributed by atoms with Crippen LogP contribution in [-0.2, 0) is 11.3 Å². The number of aromatic nitrogens is 2. The van der Waals surface area contributed by atoms with Crippen LogP contribution in [0.2, 0.25) is 0 Å². The van der Waals surface area contributed by atoms with Gasteiger partial charge in [0.15, 0.2) is 0 Å². The SMILES string of the molecule is CCCCn1nc(C(=O)N[C@@H](C(=O)O)C(C)C)ccc1=O. The predicted octanol–water partition coefficient (Wildman–Crippen LogP) is 0.882. The van der Waals surface area contributed by atoms with Gasteiger partial charge < -0.3 is 10.4 Å². The van der Waals surface area contributed by atoms with Crippen LogP contribution >= 0.6 is 0 Å². The molecule has 116 valence electrons. The Kier molecular flexibility index (Phi) is 6.08. The zero-order chi connectivity index (χ0) is 16.0. The Bertz CT molecular complexity index is 566. The highest BCUT2D eigenvalue weighted by atomic mass is 16.4. The predicted molar refractivity (Wildman–Crippen MR) is 77.1 cm³/mol. The first-order valence-corrected chi connectivity index (χ1v) is 6.98. The molecule has 0 bridgehead atoms. The smallest absolute Gasteiger partial charge is 0.326 e. The lowest BCUT2D eigenvalue weighted by Crippen LogP contribution is -2.45. The minimum absolute atomic E-state index is 0.0394. The maximum atomic E-state index is 12.0. The topological polar surface area (TPSA) is 101 Å². The minimum atomic E-state index is -1.10. The highest BCUT2D eigenvalue weighted by Gasteiger charge is 2.24. The van der Waals surface area contributed by atoms with Gasteiger partial charge in [-0.25, -0.2) is 9.48 Å². The molecule has 2 N–H and O–H groups in total. The van der Waals surface area contributed by atoms with Crippen LogP contribution in [0.5, 0.6) is 0 Å². The molecule has 1 aromatic rings. The van der Waals surface area contributed by atoms with Crippen LogP contribution in [0.1, 0.15) is 44.1 Å². The molecule has 0 unspecified atom stereocenters. The van der Waals surface area contributed by atoms with Crippen LogP contribution in [0.15, 0.2) is 16.9 Å². The number of unbranched alkanes of at least 4 members (excludes halogenated alkanes) is 1. The molecule has 1 heterocycles. The van der Waals surface area contributed by atoms with Gasteiger partial charge in [-0.05, 0) is 18.4 Å². The van der Waals surface area contributed by atoms with E-state index in [1.807, 2.05) is 6.92 Å². The van der Waals surface area contributed by atoms with Crippen molar-refractivity contribution in [1.29, 1.82) is 0 Å². The zero-order valence-electron chi connectivity index (χ0n) is 12.5. The highest BCUT2D eigenvalue weighted by Crippen LogP contribution is 2.03. The fraction of sp³-hybridized carbons (Fsp3) is 0.571. The molecule has 0 saturated carbocycles. The second-order valence-corrected chi connectivity index (χ2v) is 5.17. The fourth-order valence-electron chi connectivity index (χ4n) is 1.77. The maximum absolute atomic E-state index is 12.0. The third-order valence-corrected chi connectivity index (χ3v) is 3.04. The molecule has 1 amide bonds. The van der Waals surface area contributed by atoms with Gasteiger partial charge in [0.1, 0.15) is 11.7 Å². The number of carboxylic acid groups (broad SMARTS) is 1. The molecule has 0 aliphatic rings. The molecule has 0 saturated heterocycles. The summed E-state index contributed by atoms with van der Waals surface area (Å²) < 4.78 is 1.23. The number of carboxylic acids is 1. The van der Waals surface area contributed by atoms with E-state index >= 15 is 0 Å². The van der Waals surface area contributed by atoms with E-state index < -0.39 is 17.9 Å². The molecule has 0 spiro atoms. The summed E-state index contributed by atoms with van der Waals surface area (Å²) in [7, 11) is 0. The molecular formula is C14H21N3O4. The van der Waals surface area contributed by atoms with Gasteiger partial charge in [0.25, 0.3) is 11.5 Å². The molecule has 1 atom stereocenters. The Labute approximate surface area is 123 Å². The molecule has 21 heavy (non-hydrogen) atoms. The van der Waals surface area contributed by atoms with Gasteiger partial charge in [-0.3, -0.25) is 9.59 Å². The molecule has 7 nitrogen and oxygen atoms in total. The van der Waals surface area contributed by atoms with E-state index in [1.165, 1.54) is 16.8 Å². The van der Waals surface area contributed by atoms with E-state index in [4.69, 9.17) is 5.11 Å². The van der Waals surface area contributed by atoms with Gasteiger partial charge >= 0.3 is 5.97 Å². The van der Waals surface area contributed by atoms with Crippen LogP contribution in [-0.4, -0.2) is 32.8 Å². The molecule has 0 aromatic carbocycles. The molecule has 0 radical (unpaired) electrons. The van der Waals surface area contributed by atoms with E-state index in [2.05, 4.69) is 10.4 Å². The number of aliphatic carboxylic acids is 1. The van der Waals surface area contributed by atoms with Crippen molar-refractivity contribution in [3.8, 4) is 0 Å². The first-order valence-electron chi connectivity index (χ1n) is 6.98. The first kappa shape index (κ1) is 16.9. The number of carbonyl (C=O) groups excluding carboxylic acids is 1. The molecule has 1 aromatic heterocycles. The summed E-state index contributed by atoms with van der Waals surface area (Å²) in [6, 6.07) is 1.58. The van der Waals surface area contributed by atoms with Gasteiger partial charge in [0.05, 0.1) is 0 Å². The molecule has 7 heteroatoms. The van der Waals surface area contributed by atoms with Gasteiger partial charge in [0, 0.05) is 12.6 Å². The molecular weight excluding hydrogens is 274 g/mol. The van der Waals surface area contributed by atoms with Gasteiger partial charge in [-0.15, -0.1) is 0 Å². The van der Waals surface area contributed by atoms with Crippen LogP contribution in [0, 0.1) is 5.92 Å². The number of hydrogen-bond donors (Lipinski definition) is 2. The molecule has 0 fully saturated rings. The Balaban J connectivity index is 2.92. The lowest BCUT2D eigenvalue weighted by atomic mass is 10.0. The van der Waals surface area contributed by atoms with Crippen LogP contribution < -0.4 is 10.9 Å². The van der Waals surface area contributed by atoms with Crippen molar-refractivity contribution in [3.63, 3.8) is 0 Å². The first-order chi connectivity index (χ1) is 9.86. The van der Waals surface area contributed by atoms with Crippen molar-refractivity contribution in [1.82, 2.24) is 15.1 Å². The Morgan fingerprint density at radius 2 is 2.05 bits per heavy atom. The van der Waals surface area contributed by atoms with E-state index in [0.717, 1.165) is 12.8 Å². The number of nitrogens with one attached hydrogen (secondary N) is 1. The van der Waals surface area contributed by atoms with Crippen LogP contribution in [0.25, 0.3) is 0 Å². The third-order valence-electron chi connectivity index (χ3n) is 3.04. The summed E-state index contributed by atoms with van der Waals surface area (Å²) in [4.78, 5) is 34.7. The summed E-state index contributed by atoms with van der Waals surface area (Å²) in [5.74, 6) is -1.95. The van der Waals surface area contributed by atoms with E-state index in [0.29, 0.717) is 6.54 Å². The van der Waals surface area contributed by atoms with Crippen LogP contribution in [0.4, 0.5) is 0 Å². The fourth-order valence-corrected chi connectivity index (χ4v) is 1.77. The summed E-state index contributed by atoms with van der Waals surface area (Å²) >= 11 is 0. The second-order valence-electron chi connectivity index (χ2n) is 5.17. The van der Waals surface area contributed by atoms with Crippen molar-refractivity contribution in [2.45, 2.75) is 46.2 Å². The average molecular weight is 295 g/mol. The average Bonchev–Trinajstić information content (AvgIpc) is 2.42. The number of aryl methyl sites for hydroxylation is 1. The quantitative estimate of drug-likeness (QED) is 0.777. The lowest BCUT2D eigenvalue weighted by molar-refractivity contribution is -0.140. The molecule has 0 aliphatic heterocycles. The van der Waals surface area contributed by atoms with Crippen LogP contribution in [0.3, 0.4) is 0 Å². The highest BCUT2D eigenvalue weighted by molar-refractivity contribution is 5.94. The minimum Gasteiger partial charge on any atom is -0.480 e. The third kappa shape index (κ3) is 4.70. The lowest BCUT2D eigenvalue weighted by Gasteiger charge is -2.17. The van der Waals surface area contributed by atoms with Gasteiger partial charge in [-0.2, -0.15) is 5.10 Å². The Morgan fingerprint density at radius 1 is 1.38 bits per heavy atom. The standard InChI is InChI=1S/C14H21N3O4/c1-4-5-8-17-11(18)7-6-10(16-17)13(19)15-12(9(2)3)14(20)21/h6-7,9,12H,4-5,8H2,1-3H3,(H,15,19)(H,20,21)/t12-/m1/s1.